The van der Waals surface area contributed by atoms with E-state index in [4.69, 9.17) is 14.2 Å². The van der Waals surface area contributed by atoms with Crippen LogP contribution in [0.5, 0.6) is 17.2 Å². The Hall–Kier alpha value is -3.14. The van der Waals surface area contributed by atoms with E-state index in [0.29, 0.717) is 0 Å². The van der Waals surface area contributed by atoms with Crippen LogP contribution >= 0.6 is 0 Å². The summed E-state index contributed by atoms with van der Waals surface area (Å²) in [6, 6.07) is 24.5. The highest BCUT2D eigenvalue weighted by Crippen LogP contribution is 2.39. The molecule has 3 aromatic carbocycles. The van der Waals surface area contributed by atoms with Gasteiger partial charge in [0.05, 0.1) is 0 Å². The highest BCUT2D eigenvalue weighted by molar-refractivity contribution is 5.78. The molecule has 0 spiro atoms. The van der Waals surface area contributed by atoms with Crippen LogP contribution in [0.2, 0.25) is 0 Å². The molecule has 0 bridgehead atoms. The molecule has 0 aromatic heterocycles. The van der Waals surface area contributed by atoms with Crippen LogP contribution in [-0.4, -0.2) is 16.8 Å². The fraction of sp³-hybridized carbons (Fsp3) is 0.400. The molecule has 3 aromatic rings. The largest absolute Gasteiger partial charge is 0.488 e. The van der Waals surface area contributed by atoms with Gasteiger partial charge >= 0.3 is 0 Å². The van der Waals surface area contributed by atoms with Crippen molar-refractivity contribution >= 4 is 17.1 Å². The molecule has 0 aliphatic carbocycles. The summed E-state index contributed by atoms with van der Waals surface area (Å²) in [5.74, 6) is 2.46. The first kappa shape index (κ1) is 25.5. The molecule has 0 unspecified atom stereocenters. The molecule has 3 rings (SSSR count). The van der Waals surface area contributed by atoms with Crippen LogP contribution in [0.1, 0.15) is 62.3 Å². The van der Waals surface area contributed by atoms with E-state index in [-0.39, 0.29) is 16.8 Å². The first-order valence-electron chi connectivity index (χ1n) is 11.9. The Labute approximate surface area is 205 Å². The van der Waals surface area contributed by atoms with Crippen molar-refractivity contribution in [1.82, 2.24) is 0 Å². The van der Waals surface area contributed by atoms with Crippen molar-refractivity contribution in [1.29, 1.82) is 0 Å². The topological polar surface area (TPSA) is 30.9 Å². The van der Waals surface area contributed by atoms with Gasteiger partial charge in [0.15, 0.2) is 0 Å². The minimum Gasteiger partial charge on any atom is -0.488 e. The maximum absolute atomic E-state index is 6.17. The van der Waals surface area contributed by atoms with E-state index >= 15 is 0 Å². The number of ether oxygens (including phenoxy) is 3. The van der Waals surface area contributed by atoms with Crippen LogP contribution < -0.4 is 19.1 Å². The Kier molecular flexibility index (Phi) is 7.21. The average Bonchev–Trinajstić information content (AvgIpc) is 2.65. The standard InChI is InChI=1S/C30H39NO3/c1-28(2,3)32-25-16-10-13-22(19-25)31(23-14-11-17-26(20-23)33-29(4,5)6)24-15-12-18-27(21-24)34-30(7,8)9/h10-21H,1-9H3. The number of rotatable bonds is 6. The van der Waals surface area contributed by atoms with Crippen molar-refractivity contribution < 1.29 is 14.2 Å². The minimum absolute atomic E-state index is 0.287. The first-order valence-corrected chi connectivity index (χ1v) is 11.9. The lowest BCUT2D eigenvalue weighted by Crippen LogP contribution is -2.23. The van der Waals surface area contributed by atoms with Crippen LogP contribution in [0.25, 0.3) is 0 Å². The number of hydrogen-bond donors (Lipinski definition) is 0. The van der Waals surface area contributed by atoms with Gasteiger partial charge in [-0.2, -0.15) is 0 Å². The van der Waals surface area contributed by atoms with Gasteiger partial charge in [0, 0.05) is 35.3 Å². The third-order valence-corrected chi connectivity index (χ3v) is 4.50. The molecular formula is C30H39NO3. The fourth-order valence-electron chi connectivity index (χ4n) is 3.57. The highest BCUT2D eigenvalue weighted by Gasteiger charge is 2.19. The van der Waals surface area contributed by atoms with E-state index in [9.17, 15) is 0 Å². The van der Waals surface area contributed by atoms with Crippen molar-refractivity contribution in [2.75, 3.05) is 4.90 Å². The molecule has 0 fully saturated rings. The summed E-state index contributed by atoms with van der Waals surface area (Å²) in [7, 11) is 0. The zero-order valence-corrected chi connectivity index (χ0v) is 22.1. The van der Waals surface area contributed by atoms with Crippen molar-refractivity contribution in [2.24, 2.45) is 0 Å². The van der Waals surface area contributed by atoms with Crippen LogP contribution in [0, 0.1) is 0 Å². The van der Waals surface area contributed by atoms with Gasteiger partial charge in [-0.1, -0.05) is 18.2 Å². The van der Waals surface area contributed by atoms with Crippen molar-refractivity contribution in [3.05, 3.63) is 72.8 Å². The van der Waals surface area contributed by atoms with Gasteiger partial charge in [0.1, 0.15) is 34.1 Å². The first-order chi connectivity index (χ1) is 15.7. The molecule has 0 aliphatic heterocycles. The molecule has 4 heteroatoms. The second-order valence-corrected chi connectivity index (χ2v) is 11.5. The summed E-state index contributed by atoms with van der Waals surface area (Å²) in [6.45, 7) is 18.5. The smallest absolute Gasteiger partial charge is 0.122 e. The van der Waals surface area contributed by atoms with E-state index < -0.39 is 0 Å². The lowest BCUT2D eigenvalue weighted by atomic mass is 10.1. The second-order valence-electron chi connectivity index (χ2n) is 11.5. The Morgan fingerprint density at radius 2 is 0.706 bits per heavy atom. The normalized spacial score (nSPS) is 12.3. The molecule has 0 saturated heterocycles. The van der Waals surface area contributed by atoms with E-state index in [0.717, 1.165) is 34.3 Å². The number of nitrogens with zero attached hydrogens (tertiary/aromatic N) is 1. The molecule has 0 amide bonds. The Bertz CT molecular complexity index is 959. The summed E-state index contributed by atoms with van der Waals surface area (Å²) in [6.07, 6.45) is 0. The summed E-state index contributed by atoms with van der Waals surface area (Å²) in [5, 5.41) is 0. The minimum atomic E-state index is -0.287. The van der Waals surface area contributed by atoms with Gasteiger partial charge in [0.2, 0.25) is 0 Å². The third-order valence-electron chi connectivity index (χ3n) is 4.50. The monoisotopic (exact) mass is 461 g/mol. The van der Waals surface area contributed by atoms with E-state index in [1.165, 1.54) is 0 Å². The number of hydrogen-bond acceptors (Lipinski definition) is 4. The Morgan fingerprint density at radius 3 is 0.941 bits per heavy atom. The van der Waals surface area contributed by atoms with Crippen LogP contribution in [0.15, 0.2) is 72.8 Å². The number of benzene rings is 3. The van der Waals surface area contributed by atoms with Gasteiger partial charge in [-0.25, -0.2) is 0 Å². The van der Waals surface area contributed by atoms with Gasteiger partial charge in [-0.15, -0.1) is 0 Å². The molecule has 0 heterocycles. The van der Waals surface area contributed by atoms with Crippen molar-refractivity contribution in [3.63, 3.8) is 0 Å². The van der Waals surface area contributed by atoms with E-state index in [1.807, 2.05) is 36.4 Å². The fourth-order valence-corrected chi connectivity index (χ4v) is 3.57. The quantitative estimate of drug-likeness (QED) is 0.367. The highest BCUT2D eigenvalue weighted by atomic mass is 16.5. The molecule has 182 valence electrons. The SMILES string of the molecule is CC(C)(C)Oc1cccc(N(c2cccc(OC(C)(C)C)c2)c2cccc(OC(C)(C)C)c2)c1. The van der Waals surface area contributed by atoms with Crippen LogP contribution in [0.4, 0.5) is 17.1 Å². The van der Waals surface area contributed by atoms with Gasteiger partial charge in [0.25, 0.3) is 0 Å². The predicted octanol–water partition coefficient (Wildman–Crippen LogP) is 8.69. The second kappa shape index (κ2) is 9.61. The molecule has 0 radical (unpaired) electrons. The Balaban J connectivity index is 2.12. The summed E-state index contributed by atoms with van der Waals surface area (Å²) in [5.41, 5.74) is 2.10. The molecule has 0 atom stereocenters. The van der Waals surface area contributed by atoms with Gasteiger partial charge < -0.3 is 19.1 Å². The van der Waals surface area contributed by atoms with Crippen molar-refractivity contribution in [3.8, 4) is 17.2 Å². The zero-order chi connectivity index (χ0) is 25.1. The maximum atomic E-state index is 6.17. The molecule has 34 heavy (non-hydrogen) atoms. The summed E-state index contributed by atoms with van der Waals surface area (Å²) in [4.78, 5) is 2.19. The predicted molar refractivity (Wildman–Crippen MR) is 142 cm³/mol. The van der Waals surface area contributed by atoms with Crippen molar-refractivity contribution in [2.45, 2.75) is 79.1 Å². The molecular weight excluding hydrogens is 422 g/mol. The Morgan fingerprint density at radius 1 is 0.441 bits per heavy atom. The number of anilines is 3. The average molecular weight is 462 g/mol. The third kappa shape index (κ3) is 7.72. The van der Waals surface area contributed by atoms with Crippen LogP contribution in [-0.2, 0) is 0 Å². The van der Waals surface area contributed by atoms with E-state index in [1.54, 1.807) is 0 Å². The molecule has 0 N–H and O–H groups in total. The van der Waals surface area contributed by atoms with Crippen LogP contribution in [0.3, 0.4) is 0 Å². The lowest BCUT2D eigenvalue weighted by Gasteiger charge is -2.29. The molecule has 0 saturated carbocycles. The van der Waals surface area contributed by atoms with Gasteiger partial charge in [-0.3, -0.25) is 0 Å². The summed E-state index contributed by atoms with van der Waals surface area (Å²) < 4.78 is 18.5. The maximum Gasteiger partial charge on any atom is 0.122 e. The summed E-state index contributed by atoms with van der Waals surface area (Å²) >= 11 is 0. The zero-order valence-electron chi connectivity index (χ0n) is 22.1. The molecule has 4 nitrogen and oxygen atoms in total. The molecule has 0 aliphatic rings. The van der Waals surface area contributed by atoms with E-state index in [2.05, 4.69) is 104 Å². The van der Waals surface area contributed by atoms with Gasteiger partial charge in [-0.05, 0) is 98.7 Å². The lowest BCUT2D eigenvalue weighted by molar-refractivity contribution is 0.130.